The number of thiophene rings is 2. The van der Waals surface area contributed by atoms with Crippen LogP contribution in [0.15, 0.2) is 72.8 Å². The van der Waals surface area contributed by atoms with E-state index in [1.807, 2.05) is 46.3 Å². The zero-order valence-electron chi connectivity index (χ0n) is 43.1. The Kier molecular flexibility index (Phi) is 15.0. The van der Waals surface area contributed by atoms with Crippen LogP contribution in [0.1, 0.15) is 172 Å². The van der Waals surface area contributed by atoms with Crippen molar-refractivity contribution in [3.8, 4) is 10.4 Å². The molecule has 360 valence electrons. The molecule has 0 bridgehead atoms. The van der Waals surface area contributed by atoms with Crippen molar-refractivity contribution in [2.75, 3.05) is 22.9 Å². The molecule has 0 spiro atoms. The SMILES string of the molecule is CCCCCCCCC(C)CN1C(=O)C(c2ccc(C(C)(C)N)cc2)=c2cc3c(cc21)=C(c1ccc(-c2cc4c(C)c5sc(C(C)(C)C)cc5c(C)c4s2)cc1)C(=O)N3CC(C)CCCCCC. The highest BCUT2D eigenvalue weighted by atomic mass is 32.1. The summed E-state index contributed by atoms with van der Waals surface area (Å²) in [4.78, 5) is 36.8. The number of anilines is 2. The number of rotatable bonds is 20. The zero-order chi connectivity index (χ0) is 48.7. The normalized spacial score (nSPS) is 15.1. The third-order valence-electron chi connectivity index (χ3n) is 14.8. The fourth-order valence-electron chi connectivity index (χ4n) is 10.6. The zero-order valence-corrected chi connectivity index (χ0v) is 44.7. The minimum atomic E-state index is -0.498. The van der Waals surface area contributed by atoms with Crippen LogP contribution in [0.25, 0.3) is 41.8 Å². The van der Waals surface area contributed by atoms with Crippen molar-refractivity contribution in [3.05, 3.63) is 116 Å². The largest absolute Gasteiger partial charge is 0.322 e. The number of amides is 2. The molecule has 0 saturated heterocycles. The summed E-state index contributed by atoms with van der Waals surface area (Å²) in [6.45, 7) is 25.9. The van der Waals surface area contributed by atoms with Gasteiger partial charge in [-0.1, -0.05) is 161 Å². The van der Waals surface area contributed by atoms with Gasteiger partial charge in [0.15, 0.2) is 0 Å². The van der Waals surface area contributed by atoms with Crippen LogP contribution in [0, 0.1) is 25.7 Å². The smallest absolute Gasteiger partial charge is 0.259 e. The molecular weight excluding hydrogens is 871 g/mol. The summed E-state index contributed by atoms with van der Waals surface area (Å²) in [5, 5.41) is 4.54. The van der Waals surface area contributed by atoms with E-state index in [2.05, 4.69) is 135 Å². The van der Waals surface area contributed by atoms with Crippen LogP contribution in [0.2, 0.25) is 0 Å². The molecule has 2 amide bonds. The number of fused-ring (bicyclic) bond motifs is 4. The molecule has 2 atom stereocenters. The lowest BCUT2D eigenvalue weighted by atomic mass is 9.93. The second-order valence-electron chi connectivity index (χ2n) is 22.2. The maximum atomic E-state index is 15.1. The minimum Gasteiger partial charge on any atom is -0.322 e. The lowest BCUT2D eigenvalue weighted by Crippen LogP contribution is -2.34. The van der Waals surface area contributed by atoms with Gasteiger partial charge in [-0.3, -0.25) is 9.59 Å². The van der Waals surface area contributed by atoms with E-state index >= 15 is 4.79 Å². The molecule has 0 saturated carbocycles. The summed E-state index contributed by atoms with van der Waals surface area (Å²) in [6, 6.07) is 26.1. The molecule has 6 aromatic rings. The maximum absolute atomic E-state index is 15.1. The molecule has 4 aromatic carbocycles. The highest BCUT2D eigenvalue weighted by Gasteiger charge is 2.37. The van der Waals surface area contributed by atoms with E-state index in [9.17, 15) is 4.79 Å². The van der Waals surface area contributed by atoms with Crippen molar-refractivity contribution in [2.45, 2.75) is 164 Å². The van der Waals surface area contributed by atoms with Crippen molar-refractivity contribution in [3.63, 3.8) is 0 Å². The second kappa shape index (κ2) is 20.4. The van der Waals surface area contributed by atoms with Crippen LogP contribution in [0.4, 0.5) is 11.4 Å². The third-order valence-corrected chi connectivity index (χ3v) is 17.8. The standard InChI is InChI=1S/C61H77N3O2S2/c1-12-14-16-18-19-21-23-39(4)37-64-51-32-48-50(33-49(51)55(59(64)66)44-28-30-45(31-29-44)61(10,11)62)63(36-38(3)22-20-17-15-13-2)58(65)54(48)43-26-24-42(25-27-43)52-34-46-40(5)57-47(41(6)56(46)67-52)35-53(68-57)60(7,8)9/h24-35,38-39H,12-23,36-37,62H2,1-11H3. The van der Waals surface area contributed by atoms with E-state index in [1.54, 1.807) is 0 Å². The molecule has 2 unspecified atom stereocenters. The lowest BCUT2D eigenvalue weighted by Gasteiger charge is -2.24. The predicted octanol–water partition coefficient (Wildman–Crippen LogP) is 15.0. The number of unbranched alkanes of at least 4 members (excludes halogenated alkanes) is 8. The van der Waals surface area contributed by atoms with Crippen LogP contribution in [0.3, 0.4) is 0 Å². The molecule has 2 aliphatic rings. The van der Waals surface area contributed by atoms with Crippen molar-refractivity contribution >= 4 is 77.2 Å². The van der Waals surface area contributed by atoms with E-state index in [4.69, 9.17) is 5.73 Å². The summed E-state index contributed by atoms with van der Waals surface area (Å²) in [5.74, 6) is 0.734. The van der Waals surface area contributed by atoms with Gasteiger partial charge in [-0.2, -0.15) is 0 Å². The maximum Gasteiger partial charge on any atom is 0.259 e. The Labute approximate surface area is 415 Å². The van der Waals surface area contributed by atoms with Crippen molar-refractivity contribution in [2.24, 2.45) is 17.6 Å². The third kappa shape index (κ3) is 10.1. The highest BCUT2D eigenvalue weighted by molar-refractivity contribution is 7.23. The van der Waals surface area contributed by atoms with Gasteiger partial charge in [0.2, 0.25) is 0 Å². The van der Waals surface area contributed by atoms with Crippen LogP contribution >= 0.6 is 22.7 Å². The molecule has 5 nitrogen and oxygen atoms in total. The van der Waals surface area contributed by atoms with Gasteiger partial charge < -0.3 is 15.5 Å². The lowest BCUT2D eigenvalue weighted by molar-refractivity contribution is -0.114. The highest BCUT2D eigenvalue weighted by Crippen LogP contribution is 2.45. The Hall–Kier alpha value is -4.56. The molecule has 2 aliphatic heterocycles. The Bertz CT molecular complexity index is 2880. The number of hydrogen-bond donors (Lipinski definition) is 1. The molecule has 8 rings (SSSR count). The van der Waals surface area contributed by atoms with Gasteiger partial charge in [-0.05, 0) is 126 Å². The number of nitrogens with two attached hydrogens (primary N) is 1. The second-order valence-corrected chi connectivity index (χ2v) is 24.3. The van der Waals surface area contributed by atoms with Crippen LogP contribution < -0.4 is 26.0 Å². The fourth-order valence-corrected chi connectivity index (χ4v) is 13.1. The number of carbonyl (C=O) groups is 2. The van der Waals surface area contributed by atoms with Gasteiger partial charge in [0.05, 0.1) is 22.5 Å². The van der Waals surface area contributed by atoms with Crippen molar-refractivity contribution < 1.29 is 9.59 Å². The van der Waals surface area contributed by atoms with E-state index in [1.165, 1.54) is 98.8 Å². The van der Waals surface area contributed by atoms with Gasteiger partial charge in [-0.15, -0.1) is 22.7 Å². The van der Waals surface area contributed by atoms with E-state index < -0.39 is 5.54 Å². The molecule has 68 heavy (non-hydrogen) atoms. The first-order valence-corrected chi connectivity index (χ1v) is 27.6. The minimum absolute atomic E-state index is 0.0367. The molecule has 0 aliphatic carbocycles. The molecule has 2 N–H and O–H groups in total. The van der Waals surface area contributed by atoms with Crippen molar-refractivity contribution in [1.82, 2.24) is 0 Å². The first-order valence-electron chi connectivity index (χ1n) is 25.9. The summed E-state index contributed by atoms with van der Waals surface area (Å²) in [7, 11) is 0. The number of benzene rings is 4. The van der Waals surface area contributed by atoms with Gasteiger partial charge in [0, 0.05) is 48.2 Å². The Morgan fingerprint density at radius 3 is 1.47 bits per heavy atom. The Morgan fingerprint density at radius 2 is 0.985 bits per heavy atom. The topological polar surface area (TPSA) is 66.6 Å². The summed E-state index contributed by atoms with van der Waals surface area (Å²) in [6.07, 6.45) is 14.5. The number of carbonyl (C=O) groups excluding carboxylic acids is 2. The van der Waals surface area contributed by atoms with E-state index in [-0.39, 0.29) is 17.2 Å². The predicted molar refractivity (Wildman–Crippen MR) is 295 cm³/mol. The van der Waals surface area contributed by atoms with E-state index in [0.29, 0.717) is 30.5 Å². The molecule has 4 heterocycles. The van der Waals surface area contributed by atoms with Crippen LogP contribution in [0.5, 0.6) is 0 Å². The monoisotopic (exact) mass is 948 g/mol. The average Bonchev–Trinajstić information content (AvgIpc) is 4.08. The summed E-state index contributed by atoms with van der Waals surface area (Å²) < 4.78 is 2.75. The van der Waals surface area contributed by atoms with Gasteiger partial charge >= 0.3 is 0 Å². The van der Waals surface area contributed by atoms with E-state index in [0.717, 1.165) is 68.9 Å². The number of nitrogens with zero attached hydrogens (tertiary/aromatic N) is 2. The van der Waals surface area contributed by atoms with Crippen LogP contribution in [-0.2, 0) is 20.5 Å². The quantitative estimate of drug-likeness (QED) is 0.0776. The average molecular weight is 948 g/mol. The first-order chi connectivity index (χ1) is 32.4. The molecule has 0 radical (unpaired) electrons. The molecule has 2 aromatic heterocycles. The van der Waals surface area contributed by atoms with Gasteiger partial charge in [0.25, 0.3) is 11.8 Å². The van der Waals surface area contributed by atoms with Crippen LogP contribution in [-0.4, -0.2) is 24.9 Å². The van der Waals surface area contributed by atoms with Gasteiger partial charge in [0.1, 0.15) is 0 Å². The molecular formula is C61H77N3O2S2. The summed E-state index contributed by atoms with van der Waals surface area (Å²) in [5.41, 5.74) is 16.1. The molecule has 7 heteroatoms. The van der Waals surface area contributed by atoms with Crippen molar-refractivity contribution in [1.29, 1.82) is 0 Å². The fraction of sp³-hybridized carbons (Fsp3) is 0.475. The summed E-state index contributed by atoms with van der Waals surface area (Å²) >= 11 is 3.81. The first kappa shape index (κ1) is 49.8. The van der Waals surface area contributed by atoms with Gasteiger partial charge in [-0.25, -0.2) is 0 Å². The number of hydrogen-bond acceptors (Lipinski definition) is 5. The Balaban J connectivity index is 1.21. The number of aryl methyl sites for hydroxylation is 2. The Morgan fingerprint density at radius 1 is 0.559 bits per heavy atom. The molecule has 0 fully saturated rings.